The third-order valence-corrected chi connectivity index (χ3v) is 2.74. The van der Waals surface area contributed by atoms with Crippen molar-refractivity contribution in [3.05, 3.63) is 35.0 Å². The molecule has 0 radical (unpaired) electrons. The quantitative estimate of drug-likeness (QED) is 0.705. The second kappa shape index (κ2) is 3.67. The van der Waals surface area contributed by atoms with E-state index in [4.69, 9.17) is 0 Å². The largest absolute Gasteiger partial charge is 0.298 e. The summed E-state index contributed by atoms with van der Waals surface area (Å²) in [5, 5.41) is 2.82. The topological polar surface area (TPSA) is 42.9 Å². The van der Waals surface area contributed by atoms with Crippen LogP contribution in [0.25, 0.3) is 10.7 Å². The van der Waals surface area contributed by atoms with E-state index in [-0.39, 0.29) is 0 Å². The number of rotatable bonds is 2. The molecule has 0 atom stereocenters. The fourth-order valence-electron chi connectivity index (χ4n) is 1.11. The summed E-state index contributed by atoms with van der Waals surface area (Å²) in [6.45, 7) is 1.93. The maximum atomic E-state index is 10.6. The van der Waals surface area contributed by atoms with Gasteiger partial charge in [0, 0.05) is 22.8 Å². The zero-order valence-electron chi connectivity index (χ0n) is 7.60. The number of hydrogen-bond donors (Lipinski definition) is 0. The van der Waals surface area contributed by atoms with Crippen LogP contribution in [0.1, 0.15) is 16.1 Å². The molecule has 0 unspecified atom stereocenters. The van der Waals surface area contributed by atoms with E-state index in [1.54, 1.807) is 18.3 Å². The molecular formula is C10H8N2OS. The van der Waals surface area contributed by atoms with Crippen LogP contribution in [0.2, 0.25) is 0 Å². The average molecular weight is 204 g/mol. The molecule has 0 amide bonds. The van der Waals surface area contributed by atoms with E-state index < -0.39 is 0 Å². The van der Waals surface area contributed by atoms with Crippen LogP contribution in [0, 0.1) is 6.92 Å². The zero-order valence-corrected chi connectivity index (χ0v) is 8.41. The Morgan fingerprint density at radius 2 is 2.36 bits per heavy atom. The highest BCUT2D eigenvalue weighted by Gasteiger charge is 2.04. The lowest BCUT2D eigenvalue weighted by Crippen LogP contribution is -1.86. The van der Waals surface area contributed by atoms with Gasteiger partial charge in [0.05, 0.1) is 5.69 Å². The average Bonchev–Trinajstić information content (AvgIpc) is 2.65. The Morgan fingerprint density at radius 1 is 1.50 bits per heavy atom. The van der Waals surface area contributed by atoms with E-state index in [2.05, 4.69) is 9.97 Å². The molecule has 4 heteroatoms. The van der Waals surface area contributed by atoms with Crippen molar-refractivity contribution in [3.8, 4) is 10.7 Å². The SMILES string of the molecule is Cc1csc(-c2cc(C=O)ccn2)n1. The molecule has 0 bridgehead atoms. The smallest absolute Gasteiger partial charge is 0.150 e. The Balaban J connectivity index is 2.46. The zero-order chi connectivity index (χ0) is 9.97. The first-order valence-electron chi connectivity index (χ1n) is 4.13. The van der Waals surface area contributed by atoms with Gasteiger partial charge in [-0.2, -0.15) is 0 Å². The molecule has 14 heavy (non-hydrogen) atoms. The number of thiazole rings is 1. The van der Waals surface area contributed by atoms with Gasteiger partial charge in [0.25, 0.3) is 0 Å². The van der Waals surface area contributed by atoms with Gasteiger partial charge in [-0.05, 0) is 19.1 Å². The lowest BCUT2D eigenvalue weighted by atomic mass is 10.2. The second-order valence-corrected chi connectivity index (χ2v) is 3.74. The van der Waals surface area contributed by atoms with E-state index in [0.29, 0.717) is 5.56 Å². The highest BCUT2D eigenvalue weighted by atomic mass is 32.1. The Hall–Kier alpha value is -1.55. The highest BCUT2D eigenvalue weighted by molar-refractivity contribution is 7.13. The molecule has 2 aromatic rings. The van der Waals surface area contributed by atoms with Crippen LogP contribution in [0.5, 0.6) is 0 Å². The summed E-state index contributed by atoms with van der Waals surface area (Å²) in [4.78, 5) is 19.0. The number of aryl methyl sites for hydroxylation is 1. The van der Waals surface area contributed by atoms with Gasteiger partial charge in [-0.15, -0.1) is 11.3 Å². The Kier molecular flexibility index (Phi) is 2.37. The normalized spacial score (nSPS) is 10.1. The van der Waals surface area contributed by atoms with Crippen LogP contribution in [-0.4, -0.2) is 16.3 Å². The lowest BCUT2D eigenvalue weighted by molar-refractivity contribution is 0.112. The van der Waals surface area contributed by atoms with Crippen molar-refractivity contribution < 1.29 is 4.79 Å². The summed E-state index contributed by atoms with van der Waals surface area (Å²) in [5.41, 5.74) is 2.36. The van der Waals surface area contributed by atoms with Gasteiger partial charge in [0.2, 0.25) is 0 Å². The molecule has 2 aromatic heterocycles. The standard InChI is InChI=1S/C10H8N2OS/c1-7-6-14-10(12-7)9-4-8(5-13)2-3-11-9/h2-6H,1H3. The van der Waals surface area contributed by atoms with E-state index in [0.717, 1.165) is 22.7 Å². The number of carbonyl (C=O) groups excluding carboxylic acids is 1. The molecule has 0 aliphatic heterocycles. The summed E-state index contributed by atoms with van der Waals surface area (Å²) >= 11 is 1.53. The van der Waals surface area contributed by atoms with Crippen LogP contribution in [0.4, 0.5) is 0 Å². The van der Waals surface area contributed by atoms with Crippen LogP contribution >= 0.6 is 11.3 Å². The predicted molar refractivity (Wildman–Crippen MR) is 55.5 cm³/mol. The summed E-state index contributed by atoms with van der Waals surface area (Å²) in [6.07, 6.45) is 2.43. The first-order chi connectivity index (χ1) is 6.79. The Labute approximate surface area is 85.5 Å². The fourth-order valence-corrected chi connectivity index (χ4v) is 1.87. The molecule has 0 aliphatic rings. The minimum Gasteiger partial charge on any atom is -0.298 e. The van der Waals surface area contributed by atoms with Crippen LogP contribution in [-0.2, 0) is 0 Å². The monoisotopic (exact) mass is 204 g/mol. The number of aromatic nitrogens is 2. The van der Waals surface area contributed by atoms with Crippen molar-refractivity contribution in [2.45, 2.75) is 6.92 Å². The number of aldehydes is 1. The van der Waals surface area contributed by atoms with E-state index in [1.165, 1.54) is 11.3 Å². The van der Waals surface area contributed by atoms with Crippen LogP contribution in [0.15, 0.2) is 23.7 Å². The molecule has 3 nitrogen and oxygen atoms in total. The number of hydrogen-bond acceptors (Lipinski definition) is 4. The third-order valence-electron chi connectivity index (χ3n) is 1.76. The molecule has 0 aromatic carbocycles. The number of pyridine rings is 1. The fraction of sp³-hybridized carbons (Fsp3) is 0.100. The minimum absolute atomic E-state index is 0.628. The van der Waals surface area contributed by atoms with Gasteiger partial charge in [0.1, 0.15) is 11.3 Å². The van der Waals surface area contributed by atoms with Gasteiger partial charge >= 0.3 is 0 Å². The molecule has 0 fully saturated rings. The van der Waals surface area contributed by atoms with Gasteiger partial charge in [0.15, 0.2) is 0 Å². The van der Waals surface area contributed by atoms with Crippen molar-refractivity contribution in [2.75, 3.05) is 0 Å². The predicted octanol–water partition coefficient (Wildman–Crippen LogP) is 2.33. The molecule has 2 rings (SSSR count). The van der Waals surface area contributed by atoms with Crippen LogP contribution in [0.3, 0.4) is 0 Å². The third kappa shape index (κ3) is 1.70. The molecule has 70 valence electrons. The molecule has 0 spiro atoms. The number of carbonyl (C=O) groups is 1. The summed E-state index contributed by atoms with van der Waals surface area (Å²) in [6, 6.07) is 3.42. The second-order valence-electron chi connectivity index (χ2n) is 2.89. The summed E-state index contributed by atoms with van der Waals surface area (Å²) in [7, 11) is 0. The Bertz CT molecular complexity index is 465. The first-order valence-corrected chi connectivity index (χ1v) is 5.01. The van der Waals surface area contributed by atoms with Crippen molar-refractivity contribution in [1.29, 1.82) is 0 Å². The van der Waals surface area contributed by atoms with E-state index in [9.17, 15) is 4.79 Å². The highest BCUT2D eigenvalue weighted by Crippen LogP contribution is 2.21. The van der Waals surface area contributed by atoms with Gasteiger partial charge in [-0.3, -0.25) is 9.78 Å². The summed E-state index contributed by atoms with van der Waals surface area (Å²) in [5.74, 6) is 0. The van der Waals surface area contributed by atoms with Crippen LogP contribution < -0.4 is 0 Å². The van der Waals surface area contributed by atoms with Crippen molar-refractivity contribution in [1.82, 2.24) is 9.97 Å². The molecule has 0 N–H and O–H groups in total. The maximum absolute atomic E-state index is 10.6. The number of nitrogens with zero attached hydrogens (tertiary/aromatic N) is 2. The molecule has 2 heterocycles. The molecule has 0 saturated carbocycles. The first kappa shape index (κ1) is 9.02. The molecular weight excluding hydrogens is 196 g/mol. The minimum atomic E-state index is 0.628. The van der Waals surface area contributed by atoms with Gasteiger partial charge < -0.3 is 0 Å². The van der Waals surface area contributed by atoms with Crippen molar-refractivity contribution in [3.63, 3.8) is 0 Å². The lowest BCUT2D eigenvalue weighted by Gasteiger charge is -1.95. The molecule has 0 saturated heterocycles. The van der Waals surface area contributed by atoms with Crippen molar-refractivity contribution in [2.24, 2.45) is 0 Å². The summed E-state index contributed by atoms with van der Waals surface area (Å²) < 4.78 is 0. The van der Waals surface area contributed by atoms with Gasteiger partial charge in [-0.25, -0.2) is 4.98 Å². The maximum Gasteiger partial charge on any atom is 0.150 e. The van der Waals surface area contributed by atoms with Crippen molar-refractivity contribution >= 4 is 17.6 Å². The Morgan fingerprint density at radius 3 is 3.00 bits per heavy atom. The van der Waals surface area contributed by atoms with E-state index >= 15 is 0 Å². The molecule has 0 aliphatic carbocycles. The van der Waals surface area contributed by atoms with Gasteiger partial charge in [-0.1, -0.05) is 0 Å². The van der Waals surface area contributed by atoms with E-state index in [1.807, 2.05) is 12.3 Å².